The van der Waals surface area contributed by atoms with Crippen LogP contribution in [0, 0.1) is 75.3 Å². The lowest BCUT2D eigenvalue weighted by Gasteiger charge is -2.34. The van der Waals surface area contributed by atoms with Crippen molar-refractivity contribution >= 4 is 45.5 Å². The largest absolute Gasteiger partial charge is 0.291 e. The number of pyridine rings is 4. The Morgan fingerprint density at radius 1 is 0.296 bits per heavy atom. The van der Waals surface area contributed by atoms with E-state index in [4.69, 9.17) is 0 Å². The van der Waals surface area contributed by atoms with Gasteiger partial charge in [-0.1, -0.05) is 0 Å². The molecule has 0 bridgehead atoms. The number of fused-ring (bicyclic) bond motifs is 2. The number of nitrogens with zero attached hydrogens (tertiary/aromatic N) is 8. The van der Waals surface area contributed by atoms with Crippen LogP contribution in [0.2, 0.25) is 0 Å². The van der Waals surface area contributed by atoms with Gasteiger partial charge in [0.15, 0.2) is 11.6 Å². The zero-order valence-corrected chi connectivity index (χ0v) is 28.5. The highest BCUT2D eigenvalue weighted by Gasteiger charge is 2.45. The lowest BCUT2D eigenvalue weighted by atomic mass is 10.1. The van der Waals surface area contributed by atoms with Gasteiger partial charge < -0.3 is 0 Å². The van der Waals surface area contributed by atoms with Crippen LogP contribution in [0.1, 0.15) is 22.3 Å². The Hall–Kier alpha value is -6.58. The van der Waals surface area contributed by atoms with Gasteiger partial charge in [0, 0.05) is 48.5 Å². The van der Waals surface area contributed by atoms with Crippen LogP contribution >= 0.6 is 0 Å². The first kappa shape index (κ1) is 34.5. The van der Waals surface area contributed by atoms with Crippen molar-refractivity contribution in [3.8, 4) is 0 Å². The van der Waals surface area contributed by atoms with E-state index in [-0.39, 0.29) is 57.1 Å². The van der Waals surface area contributed by atoms with Crippen molar-refractivity contribution in [2.75, 3.05) is 19.6 Å². The van der Waals surface area contributed by atoms with Gasteiger partial charge in [0.25, 0.3) is 0 Å². The molecule has 2 aromatic carbocycles. The summed E-state index contributed by atoms with van der Waals surface area (Å²) in [5.41, 5.74) is 2.93. The Kier molecular flexibility index (Phi) is 8.01. The minimum absolute atomic E-state index is 0.160. The average molecular weight is 745 g/mol. The molecule has 2 aliphatic heterocycles. The van der Waals surface area contributed by atoms with Crippen molar-refractivity contribution in [2.24, 2.45) is 0 Å². The first-order valence-electron chi connectivity index (χ1n) is 16.2. The summed E-state index contributed by atoms with van der Waals surface area (Å²) in [6, 6.07) is 13.9. The first-order chi connectivity index (χ1) is 25.7. The summed E-state index contributed by atoms with van der Waals surface area (Å²) in [4.78, 5) is 18.3. The molecule has 0 amide bonds. The first-order valence-corrected chi connectivity index (χ1v) is 16.2. The third-order valence-electron chi connectivity index (χ3n) is 9.22. The number of benzene rings is 2. The molecule has 0 unspecified atom stereocenters. The van der Waals surface area contributed by atoms with E-state index in [2.05, 4.69) is 19.9 Å². The highest BCUT2D eigenvalue weighted by molar-refractivity contribution is 6.00. The lowest BCUT2D eigenvalue weighted by molar-refractivity contribution is 0.511. The number of halogens is 8. The summed E-state index contributed by atoms with van der Waals surface area (Å²) in [7, 11) is 0. The van der Waals surface area contributed by atoms with E-state index < -0.39 is 47.6 Å². The third-order valence-corrected chi connectivity index (χ3v) is 9.22. The molecule has 0 radical (unpaired) electrons. The van der Waals surface area contributed by atoms with Gasteiger partial charge in [-0.15, -0.1) is 0 Å². The van der Waals surface area contributed by atoms with Crippen molar-refractivity contribution in [1.29, 1.82) is 0 Å². The quantitative estimate of drug-likeness (QED) is 0.131. The number of hydrogen-bond acceptors (Lipinski definition) is 8. The van der Waals surface area contributed by atoms with Crippen LogP contribution in [0.5, 0.6) is 0 Å². The highest BCUT2D eigenvalue weighted by Crippen LogP contribution is 2.58. The van der Waals surface area contributed by atoms with Crippen LogP contribution < -0.4 is 19.6 Å². The maximum absolute atomic E-state index is 15.1. The molecular weight excluding hydrogens is 720 g/mol. The molecule has 272 valence electrons. The molecule has 0 N–H and O–H groups in total. The second-order valence-electron chi connectivity index (χ2n) is 12.7. The number of anilines is 8. The van der Waals surface area contributed by atoms with Gasteiger partial charge in [-0.2, -0.15) is 55.1 Å². The highest BCUT2D eigenvalue weighted by atomic mass is 19.2. The van der Waals surface area contributed by atoms with Crippen molar-refractivity contribution in [1.82, 2.24) is 19.9 Å². The SMILES string of the molecule is Cc1cc2c(cc1C)N(c1cc(F)nc(F)c1)C(=C1N(c3cc(F)nc(F)c3)c3cc(C)c(C)cc3N1c1cc(F)nc(F)c1)N2c1cc(F)nc(F)c1. The van der Waals surface area contributed by atoms with Crippen LogP contribution in [0.4, 0.5) is 80.6 Å². The van der Waals surface area contributed by atoms with Gasteiger partial charge in [-0.05, 0) is 74.2 Å². The van der Waals surface area contributed by atoms with E-state index in [1.165, 1.54) is 19.6 Å². The van der Waals surface area contributed by atoms with E-state index in [9.17, 15) is 0 Å². The fourth-order valence-corrected chi connectivity index (χ4v) is 6.72. The molecule has 0 aliphatic carbocycles. The molecular formula is C38H24F8N8. The molecule has 6 heterocycles. The van der Waals surface area contributed by atoms with Crippen LogP contribution in [0.3, 0.4) is 0 Å². The Labute approximate surface area is 301 Å². The number of aryl methyl sites for hydroxylation is 4. The van der Waals surface area contributed by atoms with E-state index in [0.717, 1.165) is 48.5 Å². The fourth-order valence-electron chi connectivity index (χ4n) is 6.72. The maximum atomic E-state index is 15.1. The third kappa shape index (κ3) is 5.70. The molecule has 6 aromatic rings. The van der Waals surface area contributed by atoms with Crippen molar-refractivity contribution < 1.29 is 35.1 Å². The molecule has 0 atom stereocenters. The van der Waals surface area contributed by atoms with Gasteiger partial charge >= 0.3 is 0 Å². The molecule has 8 rings (SSSR count). The van der Waals surface area contributed by atoms with Gasteiger partial charge in [0.05, 0.1) is 45.5 Å². The van der Waals surface area contributed by atoms with Crippen LogP contribution in [0.25, 0.3) is 0 Å². The summed E-state index contributed by atoms with van der Waals surface area (Å²) in [6.07, 6.45) is 0. The Morgan fingerprint density at radius 2 is 0.463 bits per heavy atom. The van der Waals surface area contributed by atoms with Crippen molar-refractivity contribution in [3.63, 3.8) is 0 Å². The molecule has 54 heavy (non-hydrogen) atoms. The van der Waals surface area contributed by atoms with Gasteiger partial charge in [0.1, 0.15) is 0 Å². The monoisotopic (exact) mass is 744 g/mol. The van der Waals surface area contributed by atoms with Crippen molar-refractivity contribution in [2.45, 2.75) is 27.7 Å². The van der Waals surface area contributed by atoms with Crippen LogP contribution in [-0.2, 0) is 0 Å². The Balaban J connectivity index is 1.61. The molecule has 16 heteroatoms. The van der Waals surface area contributed by atoms with E-state index in [1.54, 1.807) is 52.0 Å². The fraction of sp³-hybridized carbons (Fsp3) is 0.105. The number of rotatable bonds is 4. The zero-order chi connectivity index (χ0) is 38.3. The van der Waals surface area contributed by atoms with Gasteiger partial charge in [-0.3, -0.25) is 19.6 Å². The predicted octanol–water partition coefficient (Wildman–Crippen LogP) is 10.0. The zero-order valence-electron chi connectivity index (χ0n) is 28.5. The predicted molar refractivity (Wildman–Crippen MR) is 184 cm³/mol. The van der Waals surface area contributed by atoms with Crippen LogP contribution in [0.15, 0.2) is 84.4 Å². The maximum Gasteiger partial charge on any atom is 0.217 e. The molecule has 8 nitrogen and oxygen atoms in total. The molecule has 4 aromatic heterocycles. The summed E-state index contributed by atoms with van der Waals surface area (Å²) in [6.45, 7) is 7.07. The average Bonchev–Trinajstić information content (AvgIpc) is 3.55. The molecule has 0 fully saturated rings. The Bertz CT molecular complexity index is 2170. The van der Waals surface area contributed by atoms with Gasteiger partial charge in [0.2, 0.25) is 47.6 Å². The number of aromatic nitrogens is 4. The summed E-state index contributed by atoms with van der Waals surface area (Å²) < 4.78 is 121. The standard InChI is InChI=1S/C38H24F8N8/c1-17-5-25-26(6-18(17)2)52(22-11-31(41)48-32(42)12-22)37(51(25)21-9-29(39)47-30(40)10-21)38-53(23-13-33(43)49-34(44)14-23)27-7-19(3)20(4)8-28(27)54(38)24-15-35(45)50-36(46)16-24/h5-16H,1-4H3. The minimum atomic E-state index is -1.23. The summed E-state index contributed by atoms with van der Waals surface area (Å²) >= 11 is 0. The number of hydrogen-bond donors (Lipinski definition) is 0. The van der Waals surface area contributed by atoms with Gasteiger partial charge in [-0.25, -0.2) is 0 Å². The molecule has 0 saturated heterocycles. The second-order valence-corrected chi connectivity index (χ2v) is 12.7. The smallest absolute Gasteiger partial charge is 0.217 e. The lowest BCUT2D eigenvalue weighted by Crippen LogP contribution is -2.34. The van der Waals surface area contributed by atoms with Crippen LogP contribution in [-0.4, -0.2) is 19.9 Å². The summed E-state index contributed by atoms with van der Waals surface area (Å²) in [5.74, 6) is -10.2. The topological polar surface area (TPSA) is 64.5 Å². The van der Waals surface area contributed by atoms with E-state index in [1.807, 2.05) is 0 Å². The molecule has 0 spiro atoms. The van der Waals surface area contributed by atoms with Crippen molar-refractivity contribution in [3.05, 3.63) is 154 Å². The van der Waals surface area contributed by atoms with E-state index >= 15 is 35.1 Å². The summed E-state index contributed by atoms with van der Waals surface area (Å²) in [5, 5.41) is 0. The van der Waals surface area contributed by atoms with E-state index in [0.29, 0.717) is 22.3 Å². The molecule has 2 aliphatic rings. The second kappa shape index (κ2) is 12.5. The normalized spacial score (nSPS) is 13.7. The minimum Gasteiger partial charge on any atom is -0.291 e. The Morgan fingerprint density at radius 3 is 0.630 bits per heavy atom. The molecule has 0 saturated carbocycles.